The lowest BCUT2D eigenvalue weighted by atomic mass is 10.1. The maximum Gasteiger partial charge on any atom is 0.322 e. The molecule has 2 aliphatic rings. The van der Waals surface area contributed by atoms with Gasteiger partial charge in [0.15, 0.2) is 17.3 Å². The number of carbonyl (C=O) groups is 1. The number of ether oxygens (including phenoxy) is 2. The van der Waals surface area contributed by atoms with Crippen molar-refractivity contribution in [3.8, 4) is 11.5 Å². The molecule has 0 unspecified atom stereocenters. The zero-order chi connectivity index (χ0) is 15.8. The van der Waals surface area contributed by atoms with Gasteiger partial charge in [-0.25, -0.2) is 4.79 Å². The van der Waals surface area contributed by atoms with Crippen LogP contribution >= 0.6 is 0 Å². The van der Waals surface area contributed by atoms with Gasteiger partial charge in [0, 0.05) is 24.4 Å². The molecule has 2 aromatic rings. The Balaban J connectivity index is 1.50. The lowest BCUT2D eigenvalue weighted by Gasteiger charge is -2.23. The van der Waals surface area contributed by atoms with Crippen molar-refractivity contribution in [2.75, 3.05) is 18.7 Å². The molecule has 1 aromatic carbocycles. The zero-order valence-electron chi connectivity index (χ0n) is 12.7. The third-order valence-electron chi connectivity index (χ3n) is 4.11. The Morgan fingerprint density at radius 1 is 1.30 bits per heavy atom. The van der Waals surface area contributed by atoms with Crippen LogP contribution in [0.15, 0.2) is 28.8 Å². The summed E-state index contributed by atoms with van der Waals surface area (Å²) in [5, 5.41) is 6.82. The Labute approximate surface area is 133 Å². The second-order valence-corrected chi connectivity index (χ2v) is 5.72. The molecule has 0 aliphatic carbocycles. The number of benzene rings is 1. The van der Waals surface area contributed by atoms with Crippen LogP contribution in [0, 0.1) is 6.92 Å². The van der Waals surface area contributed by atoms with E-state index in [1.807, 2.05) is 13.0 Å². The van der Waals surface area contributed by atoms with E-state index in [1.54, 1.807) is 23.1 Å². The van der Waals surface area contributed by atoms with Crippen molar-refractivity contribution in [3.63, 3.8) is 0 Å². The van der Waals surface area contributed by atoms with Crippen molar-refractivity contribution in [1.29, 1.82) is 0 Å². The monoisotopic (exact) mass is 315 g/mol. The lowest BCUT2D eigenvalue weighted by molar-refractivity contribution is 0.174. The number of anilines is 1. The molecule has 1 N–H and O–H groups in total. The minimum Gasteiger partial charge on any atom is -0.454 e. The summed E-state index contributed by atoms with van der Waals surface area (Å²) >= 11 is 0. The molecule has 7 heteroatoms. The maximum absolute atomic E-state index is 12.6. The number of rotatable bonds is 2. The molecule has 3 heterocycles. The Morgan fingerprint density at radius 2 is 2.17 bits per heavy atom. The second-order valence-electron chi connectivity index (χ2n) is 5.72. The summed E-state index contributed by atoms with van der Waals surface area (Å²) in [5.41, 5.74) is 1.50. The van der Waals surface area contributed by atoms with E-state index >= 15 is 0 Å². The van der Waals surface area contributed by atoms with E-state index in [4.69, 9.17) is 14.0 Å². The van der Waals surface area contributed by atoms with Crippen LogP contribution in [0.3, 0.4) is 0 Å². The van der Waals surface area contributed by atoms with E-state index in [1.165, 1.54) is 0 Å². The summed E-state index contributed by atoms with van der Waals surface area (Å²) in [6.07, 6.45) is 1.82. The number of aromatic nitrogens is 1. The van der Waals surface area contributed by atoms with Crippen molar-refractivity contribution in [1.82, 2.24) is 10.1 Å². The Bertz CT molecular complexity index is 743. The van der Waals surface area contributed by atoms with Crippen molar-refractivity contribution < 1.29 is 18.8 Å². The SMILES string of the molecule is Cc1cc([C@H]2CCCN2C(=O)Nc2ccc3c(c2)OCO3)on1. The first kappa shape index (κ1) is 13.9. The summed E-state index contributed by atoms with van der Waals surface area (Å²) < 4.78 is 15.9. The topological polar surface area (TPSA) is 76.8 Å². The molecular formula is C16H17N3O4. The molecule has 0 radical (unpaired) electrons. The summed E-state index contributed by atoms with van der Waals surface area (Å²) in [6, 6.07) is 7.03. The van der Waals surface area contributed by atoms with Crippen LogP contribution in [0.1, 0.15) is 30.3 Å². The predicted molar refractivity (Wildman–Crippen MR) is 81.5 cm³/mol. The van der Waals surface area contributed by atoms with Crippen molar-refractivity contribution in [2.45, 2.75) is 25.8 Å². The van der Waals surface area contributed by atoms with Crippen LogP contribution in [-0.2, 0) is 0 Å². The number of likely N-dealkylation sites (tertiary alicyclic amines) is 1. The van der Waals surface area contributed by atoms with Gasteiger partial charge in [-0.2, -0.15) is 0 Å². The molecule has 7 nitrogen and oxygen atoms in total. The normalized spacial score (nSPS) is 19.2. The summed E-state index contributed by atoms with van der Waals surface area (Å²) in [5.74, 6) is 2.08. The number of hydrogen-bond donors (Lipinski definition) is 1. The number of nitrogens with one attached hydrogen (secondary N) is 1. The molecule has 2 amide bonds. The van der Waals surface area contributed by atoms with Crippen molar-refractivity contribution in [3.05, 3.63) is 35.7 Å². The van der Waals surface area contributed by atoms with E-state index in [2.05, 4.69) is 10.5 Å². The van der Waals surface area contributed by atoms with Gasteiger partial charge in [-0.05, 0) is 31.9 Å². The van der Waals surface area contributed by atoms with Gasteiger partial charge in [0.1, 0.15) is 0 Å². The highest BCUT2D eigenvalue weighted by atomic mass is 16.7. The first-order valence-corrected chi connectivity index (χ1v) is 7.61. The van der Waals surface area contributed by atoms with E-state index in [-0.39, 0.29) is 18.9 Å². The Hall–Kier alpha value is -2.70. The molecule has 0 bridgehead atoms. The minimum absolute atomic E-state index is 0.0646. The van der Waals surface area contributed by atoms with Crippen molar-refractivity contribution in [2.24, 2.45) is 0 Å². The lowest BCUT2D eigenvalue weighted by Crippen LogP contribution is -2.34. The number of amides is 2. The molecule has 1 atom stereocenters. The second kappa shape index (κ2) is 5.49. The molecule has 2 aliphatic heterocycles. The Kier molecular flexibility index (Phi) is 3.33. The van der Waals surface area contributed by atoms with Gasteiger partial charge in [-0.1, -0.05) is 5.16 Å². The van der Waals surface area contributed by atoms with Gasteiger partial charge in [-0.15, -0.1) is 0 Å². The van der Waals surface area contributed by atoms with Crippen LogP contribution in [0.4, 0.5) is 10.5 Å². The standard InChI is InChI=1S/C16H17N3O4/c1-10-7-14(23-18-10)12-3-2-6-19(12)16(20)17-11-4-5-13-15(8-11)22-9-21-13/h4-5,7-8,12H,2-3,6,9H2,1H3,(H,17,20)/t12-/m1/s1. The first-order chi connectivity index (χ1) is 11.2. The van der Waals surface area contributed by atoms with Crippen LogP contribution < -0.4 is 14.8 Å². The fourth-order valence-electron chi connectivity index (χ4n) is 3.02. The maximum atomic E-state index is 12.6. The number of nitrogens with zero attached hydrogens (tertiary/aromatic N) is 2. The molecule has 120 valence electrons. The van der Waals surface area contributed by atoms with E-state index in [0.29, 0.717) is 23.7 Å². The largest absolute Gasteiger partial charge is 0.454 e. The average molecular weight is 315 g/mol. The molecule has 4 rings (SSSR count). The number of carbonyl (C=O) groups excluding carboxylic acids is 1. The number of fused-ring (bicyclic) bond motifs is 1. The fourth-order valence-corrected chi connectivity index (χ4v) is 3.02. The molecule has 1 fully saturated rings. The zero-order valence-corrected chi connectivity index (χ0v) is 12.7. The van der Waals surface area contributed by atoms with Crippen LogP contribution in [0.2, 0.25) is 0 Å². The minimum atomic E-state index is -0.152. The Morgan fingerprint density at radius 3 is 3.00 bits per heavy atom. The van der Waals surface area contributed by atoms with Crippen molar-refractivity contribution >= 4 is 11.7 Å². The number of urea groups is 1. The van der Waals surface area contributed by atoms with Gasteiger partial charge in [0.05, 0.1) is 11.7 Å². The quantitative estimate of drug-likeness (QED) is 0.921. The number of hydrogen-bond acceptors (Lipinski definition) is 5. The first-order valence-electron chi connectivity index (χ1n) is 7.61. The van der Waals surface area contributed by atoms with Gasteiger partial charge >= 0.3 is 6.03 Å². The fraction of sp³-hybridized carbons (Fsp3) is 0.375. The average Bonchev–Trinajstić information content (AvgIpc) is 3.26. The van der Waals surface area contributed by atoms with Gasteiger partial charge in [-0.3, -0.25) is 0 Å². The summed E-state index contributed by atoms with van der Waals surface area (Å²) in [6.45, 7) is 2.78. The van der Waals surface area contributed by atoms with Crippen LogP contribution in [-0.4, -0.2) is 29.4 Å². The molecular weight excluding hydrogens is 298 g/mol. The van der Waals surface area contributed by atoms with E-state index in [9.17, 15) is 4.79 Å². The molecule has 23 heavy (non-hydrogen) atoms. The summed E-state index contributed by atoms with van der Waals surface area (Å²) in [4.78, 5) is 14.4. The van der Waals surface area contributed by atoms with Gasteiger partial charge in [0.25, 0.3) is 0 Å². The van der Waals surface area contributed by atoms with Crippen LogP contribution in [0.25, 0.3) is 0 Å². The van der Waals surface area contributed by atoms with Gasteiger partial charge < -0.3 is 24.2 Å². The third kappa shape index (κ3) is 2.58. The van der Waals surface area contributed by atoms with E-state index < -0.39 is 0 Å². The highest BCUT2D eigenvalue weighted by Crippen LogP contribution is 2.36. The molecule has 0 spiro atoms. The summed E-state index contributed by atoms with van der Waals surface area (Å²) in [7, 11) is 0. The molecule has 1 aromatic heterocycles. The highest BCUT2D eigenvalue weighted by Gasteiger charge is 2.32. The van der Waals surface area contributed by atoms with Crippen LogP contribution in [0.5, 0.6) is 11.5 Å². The van der Waals surface area contributed by atoms with E-state index in [0.717, 1.165) is 24.3 Å². The van der Waals surface area contributed by atoms with Gasteiger partial charge in [0.2, 0.25) is 6.79 Å². The smallest absolute Gasteiger partial charge is 0.322 e. The predicted octanol–water partition coefficient (Wildman–Crippen LogP) is 3.08. The number of aryl methyl sites for hydroxylation is 1. The molecule has 0 saturated carbocycles. The third-order valence-corrected chi connectivity index (χ3v) is 4.11. The highest BCUT2D eigenvalue weighted by molar-refractivity contribution is 5.90. The molecule has 1 saturated heterocycles.